The molecule has 2 aromatic heterocycles. The lowest BCUT2D eigenvalue weighted by Crippen LogP contribution is -2.15. The van der Waals surface area contributed by atoms with Gasteiger partial charge in [-0.3, -0.25) is 5.10 Å². The highest BCUT2D eigenvalue weighted by atomic mass is 19.3. The van der Waals surface area contributed by atoms with E-state index in [2.05, 4.69) is 56.9 Å². The van der Waals surface area contributed by atoms with E-state index in [1.807, 2.05) is 36.4 Å². The topological polar surface area (TPSA) is 56.5 Å². The highest BCUT2D eigenvalue weighted by molar-refractivity contribution is 6.14. The van der Waals surface area contributed by atoms with Gasteiger partial charge in [0.25, 0.3) is 5.92 Å². The molecular weight excluding hydrogens is 533 g/mol. The molecule has 0 unspecified atom stereocenters. The van der Waals surface area contributed by atoms with Crippen LogP contribution in [0.1, 0.15) is 22.3 Å². The Morgan fingerprint density at radius 2 is 1.48 bits per heavy atom. The second kappa shape index (κ2) is 9.11. The first-order valence-electron chi connectivity index (χ1n) is 13.7. The summed E-state index contributed by atoms with van der Waals surface area (Å²) in [6, 6.07) is 31.5. The predicted octanol–water partition coefficient (Wildman–Crippen LogP) is 9.31. The number of alkyl halides is 2. The monoisotopic (exact) mass is 556 g/mol. The van der Waals surface area contributed by atoms with Crippen LogP contribution in [0.2, 0.25) is 0 Å². The summed E-state index contributed by atoms with van der Waals surface area (Å²) in [6.45, 7) is 0. The Morgan fingerprint density at radius 3 is 2.36 bits per heavy atom. The van der Waals surface area contributed by atoms with Crippen LogP contribution in [0.25, 0.3) is 44.2 Å². The molecule has 7 heteroatoms. The first kappa shape index (κ1) is 24.5. The zero-order valence-corrected chi connectivity index (χ0v) is 22.2. The molecule has 0 aliphatic heterocycles. The second-order valence-electron chi connectivity index (χ2n) is 10.7. The van der Waals surface area contributed by atoms with Crippen molar-refractivity contribution in [1.29, 1.82) is 0 Å². The molecule has 0 atom stereocenters. The molecule has 42 heavy (non-hydrogen) atoms. The molecule has 0 amide bonds. The fourth-order valence-electron chi connectivity index (χ4n) is 6.16. The molecule has 0 fully saturated rings. The van der Waals surface area contributed by atoms with Crippen LogP contribution in [-0.4, -0.2) is 15.2 Å². The highest BCUT2D eigenvalue weighted by Crippen LogP contribution is 2.43. The number of nitrogens with one attached hydrogen (secondary N) is 3. The Balaban J connectivity index is 1.22. The summed E-state index contributed by atoms with van der Waals surface area (Å²) >= 11 is 0. The Morgan fingerprint density at radius 1 is 0.714 bits per heavy atom. The molecule has 7 aromatic rings. The number of benzene rings is 5. The van der Waals surface area contributed by atoms with Crippen molar-refractivity contribution < 1.29 is 13.2 Å². The average molecular weight is 557 g/mol. The van der Waals surface area contributed by atoms with Crippen molar-refractivity contribution in [2.75, 3.05) is 5.32 Å². The van der Waals surface area contributed by atoms with Gasteiger partial charge < -0.3 is 10.3 Å². The summed E-state index contributed by atoms with van der Waals surface area (Å²) < 4.78 is 45.1. The molecule has 8 rings (SSSR count). The van der Waals surface area contributed by atoms with Gasteiger partial charge in [-0.15, -0.1) is 0 Å². The van der Waals surface area contributed by atoms with Crippen LogP contribution >= 0.6 is 0 Å². The molecule has 1 aliphatic rings. The first-order chi connectivity index (χ1) is 20.5. The number of H-pyrrole nitrogens is 2. The first-order valence-corrected chi connectivity index (χ1v) is 13.7. The molecule has 204 valence electrons. The normalized spacial score (nSPS) is 12.5. The van der Waals surface area contributed by atoms with Crippen LogP contribution in [0, 0.1) is 5.82 Å². The Hall–Kier alpha value is -5.30. The molecular formula is C35H23F3N4. The van der Waals surface area contributed by atoms with Crippen LogP contribution in [0.5, 0.6) is 0 Å². The summed E-state index contributed by atoms with van der Waals surface area (Å²) in [6.07, 6.45) is 0.833. The van der Waals surface area contributed by atoms with Gasteiger partial charge in [0, 0.05) is 44.6 Å². The zero-order chi connectivity index (χ0) is 28.4. The van der Waals surface area contributed by atoms with Crippen LogP contribution in [0.3, 0.4) is 0 Å². The molecule has 0 spiro atoms. The molecule has 3 N–H and O–H groups in total. The van der Waals surface area contributed by atoms with E-state index in [-0.39, 0.29) is 11.1 Å². The van der Waals surface area contributed by atoms with Crippen LogP contribution in [0.4, 0.5) is 24.7 Å². The van der Waals surface area contributed by atoms with Gasteiger partial charge in [-0.2, -0.15) is 13.9 Å². The summed E-state index contributed by atoms with van der Waals surface area (Å²) in [4.78, 5) is 3.28. The number of nitrogens with zero attached hydrogens (tertiary/aromatic N) is 1. The van der Waals surface area contributed by atoms with Crippen molar-refractivity contribution in [2.45, 2.75) is 12.3 Å². The van der Waals surface area contributed by atoms with Crippen molar-refractivity contribution in [2.24, 2.45) is 0 Å². The van der Waals surface area contributed by atoms with Crippen molar-refractivity contribution >= 4 is 33.3 Å². The van der Waals surface area contributed by atoms with E-state index >= 15 is 8.78 Å². The molecule has 2 heterocycles. The maximum atomic E-state index is 15.8. The minimum Gasteiger partial charge on any atom is -0.354 e. The third-order valence-corrected chi connectivity index (χ3v) is 8.15. The summed E-state index contributed by atoms with van der Waals surface area (Å²) in [5.74, 6) is -3.41. The summed E-state index contributed by atoms with van der Waals surface area (Å²) in [5.41, 5.74) is 8.25. The number of aromatic amines is 2. The Labute approximate surface area is 238 Å². The van der Waals surface area contributed by atoms with E-state index in [1.165, 1.54) is 34.4 Å². The smallest absolute Gasteiger partial charge is 0.298 e. The van der Waals surface area contributed by atoms with Gasteiger partial charge in [0.2, 0.25) is 0 Å². The van der Waals surface area contributed by atoms with E-state index < -0.39 is 11.7 Å². The van der Waals surface area contributed by atoms with Crippen molar-refractivity contribution in [3.63, 3.8) is 0 Å². The number of halogens is 3. The lowest BCUT2D eigenvalue weighted by atomic mass is 9.97. The number of aromatic nitrogens is 3. The van der Waals surface area contributed by atoms with Crippen molar-refractivity contribution in [1.82, 2.24) is 15.2 Å². The average Bonchev–Trinajstić information content (AvgIpc) is 3.72. The lowest BCUT2D eigenvalue weighted by Gasteiger charge is -2.19. The van der Waals surface area contributed by atoms with Gasteiger partial charge in [-0.1, -0.05) is 60.7 Å². The van der Waals surface area contributed by atoms with E-state index in [4.69, 9.17) is 0 Å². The van der Waals surface area contributed by atoms with Gasteiger partial charge in [0.15, 0.2) is 5.82 Å². The minimum absolute atomic E-state index is 0.218. The van der Waals surface area contributed by atoms with Gasteiger partial charge in [0.1, 0.15) is 5.82 Å². The lowest BCUT2D eigenvalue weighted by molar-refractivity contribution is 0.0429. The third-order valence-electron chi connectivity index (χ3n) is 8.15. The number of fused-ring (bicyclic) bond motifs is 6. The summed E-state index contributed by atoms with van der Waals surface area (Å²) in [7, 11) is 0. The number of para-hydroxylation sites is 1. The Kier molecular flexibility index (Phi) is 5.31. The maximum Gasteiger partial charge on any atom is 0.298 e. The van der Waals surface area contributed by atoms with E-state index in [0.717, 1.165) is 58.2 Å². The standard InChI is InChI=1S/C35H23F3N4/c36-23-14-12-21(13-15-23)35(37,38)22-17-31-34(27-8-3-4-11-29(27)39-31)32(18-22)40-33-19-30(41-42-33)26-10-5-9-25-24-7-2-1-6-20(24)16-28(25)26/h1-15,17-19,39H,16H2,(H2,40,41,42). The molecule has 0 radical (unpaired) electrons. The Bertz CT molecular complexity index is 2140. The molecule has 0 bridgehead atoms. The predicted molar refractivity (Wildman–Crippen MR) is 161 cm³/mol. The van der Waals surface area contributed by atoms with Crippen LogP contribution < -0.4 is 5.32 Å². The molecule has 0 saturated heterocycles. The number of rotatable bonds is 5. The molecule has 5 aromatic carbocycles. The number of hydrogen-bond acceptors (Lipinski definition) is 2. The van der Waals surface area contributed by atoms with Crippen molar-refractivity contribution in [3.05, 3.63) is 137 Å². The fourth-order valence-corrected chi connectivity index (χ4v) is 6.16. The van der Waals surface area contributed by atoms with Crippen LogP contribution in [0.15, 0.2) is 109 Å². The van der Waals surface area contributed by atoms with Crippen molar-refractivity contribution in [3.8, 4) is 22.4 Å². The number of hydrogen-bond donors (Lipinski definition) is 3. The van der Waals surface area contributed by atoms with Gasteiger partial charge in [-0.25, -0.2) is 4.39 Å². The SMILES string of the molecule is Fc1ccc(C(F)(F)c2cc(Nc3cc(-c4cccc5c4Cc4ccccc4-5)[nH]n3)c3c(c2)[nH]c2ccccc23)cc1. The van der Waals surface area contributed by atoms with Gasteiger partial charge >= 0.3 is 0 Å². The second-order valence-corrected chi connectivity index (χ2v) is 10.7. The van der Waals surface area contributed by atoms with E-state index in [0.29, 0.717) is 17.0 Å². The molecule has 0 saturated carbocycles. The minimum atomic E-state index is -3.36. The van der Waals surface area contributed by atoms with Gasteiger partial charge in [-0.05, 0) is 71.1 Å². The molecule has 1 aliphatic carbocycles. The fraction of sp³-hybridized carbons (Fsp3) is 0.0571. The van der Waals surface area contributed by atoms with E-state index in [1.54, 1.807) is 0 Å². The molecule has 4 nitrogen and oxygen atoms in total. The maximum absolute atomic E-state index is 15.8. The largest absolute Gasteiger partial charge is 0.354 e. The highest BCUT2D eigenvalue weighted by Gasteiger charge is 2.35. The van der Waals surface area contributed by atoms with Crippen LogP contribution in [-0.2, 0) is 12.3 Å². The quantitative estimate of drug-likeness (QED) is 0.198. The zero-order valence-electron chi connectivity index (χ0n) is 22.2. The summed E-state index contributed by atoms with van der Waals surface area (Å²) in [5, 5.41) is 12.7. The number of anilines is 2. The van der Waals surface area contributed by atoms with Gasteiger partial charge in [0.05, 0.1) is 11.4 Å². The van der Waals surface area contributed by atoms with E-state index in [9.17, 15) is 4.39 Å². The third kappa shape index (κ3) is 3.81.